The van der Waals surface area contributed by atoms with Gasteiger partial charge in [-0.2, -0.15) is 10.2 Å². The fraction of sp³-hybridized carbons (Fsp3) is 0.556. The predicted octanol–water partition coefficient (Wildman–Crippen LogP) is 2.21. The molecule has 1 unspecified atom stereocenters. The van der Waals surface area contributed by atoms with Crippen molar-refractivity contribution < 1.29 is 9.53 Å². The molecule has 3 rings (SSSR count). The van der Waals surface area contributed by atoms with E-state index in [1.807, 2.05) is 10.7 Å². The summed E-state index contributed by atoms with van der Waals surface area (Å²) in [7, 11) is 1.61. The number of aromatic nitrogens is 4. The molecule has 0 aliphatic heterocycles. The third kappa shape index (κ3) is 4.29. The second-order valence-electron chi connectivity index (χ2n) is 7.91. The Morgan fingerprint density at radius 2 is 2.04 bits per heavy atom. The first-order chi connectivity index (χ1) is 12.6. The van der Waals surface area contributed by atoms with Crippen LogP contribution in [-0.2, 0) is 17.3 Å². The molecule has 1 fully saturated rings. The summed E-state index contributed by atoms with van der Waals surface area (Å²) in [4.78, 5) is 22.5. The van der Waals surface area contributed by atoms with Crippen LogP contribution in [0.15, 0.2) is 23.0 Å². The van der Waals surface area contributed by atoms with E-state index in [9.17, 15) is 9.59 Å². The molecule has 0 bridgehead atoms. The van der Waals surface area contributed by atoms with Crippen LogP contribution < -0.4 is 16.6 Å². The number of carbonyl (C=O) groups excluding carboxylic acids is 1. The molecule has 9 heteroatoms. The van der Waals surface area contributed by atoms with Gasteiger partial charge in [0, 0.05) is 25.1 Å². The van der Waals surface area contributed by atoms with Crippen LogP contribution in [0.5, 0.6) is 0 Å². The van der Waals surface area contributed by atoms with Crippen LogP contribution in [0.4, 0.5) is 16.4 Å². The molecule has 2 aromatic heterocycles. The molecule has 1 saturated carbocycles. The SMILES string of the molecule is Cn1nc(Nc2cc(C3CC[C@H](OC(N)=O)C3)nn2C(C)(C)C)ccc1=O. The summed E-state index contributed by atoms with van der Waals surface area (Å²) < 4.78 is 8.33. The number of ether oxygens (including phenoxy) is 1. The lowest BCUT2D eigenvalue weighted by atomic mass is 10.0. The Bertz CT molecular complexity index is 895. The number of primary amides is 1. The number of aryl methyl sites for hydroxylation is 1. The van der Waals surface area contributed by atoms with Crippen LogP contribution in [0.25, 0.3) is 0 Å². The van der Waals surface area contributed by atoms with Gasteiger partial charge in [-0.05, 0) is 46.1 Å². The fourth-order valence-electron chi connectivity index (χ4n) is 3.38. The molecule has 0 aromatic carbocycles. The van der Waals surface area contributed by atoms with Crippen LogP contribution in [0, 0.1) is 0 Å². The quantitative estimate of drug-likeness (QED) is 0.847. The Morgan fingerprint density at radius 1 is 1.30 bits per heavy atom. The minimum absolute atomic E-state index is 0.158. The molecule has 0 saturated heterocycles. The molecule has 2 aromatic rings. The Hall–Kier alpha value is -2.84. The Kier molecular flexibility index (Phi) is 4.95. The Morgan fingerprint density at radius 3 is 2.67 bits per heavy atom. The van der Waals surface area contributed by atoms with Crippen LogP contribution >= 0.6 is 0 Å². The lowest BCUT2D eigenvalue weighted by Crippen LogP contribution is -2.25. The number of anilines is 2. The van der Waals surface area contributed by atoms with Crippen LogP contribution in [-0.4, -0.2) is 31.8 Å². The summed E-state index contributed by atoms with van der Waals surface area (Å²) in [6.45, 7) is 6.20. The highest BCUT2D eigenvalue weighted by Crippen LogP contribution is 2.37. The van der Waals surface area contributed by atoms with E-state index < -0.39 is 6.09 Å². The molecular formula is C18H26N6O3. The zero-order chi connectivity index (χ0) is 19.8. The van der Waals surface area contributed by atoms with Crippen molar-refractivity contribution in [1.82, 2.24) is 19.6 Å². The van der Waals surface area contributed by atoms with E-state index in [1.54, 1.807) is 13.1 Å². The van der Waals surface area contributed by atoms with Crippen molar-refractivity contribution in [1.29, 1.82) is 0 Å². The van der Waals surface area contributed by atoms with Gasteiger partial charge in [0.1, 0.15) is 11.9 Å². The second kappa shape index (κ2) is 7.05. The summed E-state index contributed by atoms with van der Waals surface area (Å²) in [5.41, 5.74) is 5.65. The molecule has 2 heterocycles. The zero-order valence-corrected chi connectivity index (χ0v) is 16.1. The van der Waals surface area contributed by atoms with Gasteiger partial charge < -0.3 is 15.8 Å². The molecule has 9 nitrogen and oxygen atoms in total. The third-order valence-corrected chi connectivity index (χ3v) is 4.67. The first kappa shape index (κ1) is 18.9. The van der Waals surface area contributed by atoms with Crippen molar-refractivity contribution in [3.8, 4) is 0 Å². The normalized spacial score (nSPS) is 19.9. The average Bonchev–Trinajstić information content (AvgIpc) is 3.17. The number of amides is 1. The van der Waals surface area contributed by atoms with Crippen LogP contribution in [0.3, 0.4) is 0 Å². The Balaban J connectivity index is 1.86. The Labute approximate surface area is 157 Å². The van der Waals surface area contributed by atoms with E-state index in [-0.39, 0.29) is 23.1 Å². The van der Waals surface area contributed by atoms with E-state index in [4.69, 9.17) is 15.6 Å². The van der Waals surface area contributed by atoms with Crippen molar-refractivity contribution in [2.45, 2.75) is 57.6 Å². The van der Waals surface area contributed by atoms with Gasteiger partial charge in [0.2, 0.25) is 0 Å². The second-order valence-corrected chi connectivity index (χ2v) is 7.91. The highest BCUT2D eigenvalue weighted by Gasteiger charge is 2.31. The molecule has 3 N–H and O–H groups in total. The topological polar surface area (TPSA) is 117 Å². The van der Waals surface area contributed by atoms with Gasteiger partial charge in [-0.15, -0.1) is 0 Å². The number of hydrogen-bond donors (Lipinski definition) is 2. The van der Waals surface area contributed by atoms with Gasteiger partial charge >= 0.3 is 6.09 Å². The van der Waals surface area contributed by atoms with Gasteiger partial charge in [-0.1, -0.05) is 0 Å². The molecule has 27 heavy (non-hydrogen) atoms. The summed E-state index contributed by atoms with van der Waals surface area (Å²) in [5, 5.41) is 12.3. The first-order valence-corrected chi connectivity index (χ1v) is 9.01. The third-order valence-electron chi connectivity index (χ3n) is 4.67. The highest BCUT2D eigenvalue weighted by atomic mass is 16.6. The molecule has 0 spiro atoms. The molecule has 0 radical (unpaired) electrons. The van der Waals surface area contributed by atoms with E-state index in [0.29, 0.717) is 12.2 Å². The minimum atomic E-state index is -0.732. The largest absolute Gasteiger partial charge is 0.446 e. The molecule has 1 aliphatic carbocycles. The van der Waals surface area contributed by atoms with E-state index in [1.165, 1.54) is 10.7 Å². The van der Waals surface area contributed by atoms with Crippen LogP contribution in [0.1, 0.15) is 51.6 Å². The van der Waals surface area contributed by atoms with Crippen LogP contribution in [0.2, 0.25) is 0 Å². The molecule has 1 amide bonds. The van der Waals surface area contributed by atoms with Crippen molar-refractivity contribution in [2.24, 2.45) is 12.8 Å². The minimum Gasteiger partial charge on any atom is -0.446 e. The summed E-state index contributed by atoms with van der Waals surface area (Å²) in [5.74, 6) is 1.56. The monoisotopic (exact) mass is 374 g/mol. The summed E-state index contributed by atoms with van der Waals surface area (Å²) in [6.07, 6.45) is 1.48. The molecular weight excluding hydrogens is 348 g/mol. The predicted molar refractivity (Wildman–Crippen MR) is 101 cm³/mol. The molecule has 1 aliphatic rings. The maximum absolute atomic E-state index is 11.5. The number of nitrogens with two attached hydrogens (primary N) is 1. The lowest BCUT2D eigenvalue weighted by Gasteiger charge is -2.22. The number of hydrogen-bond acceptors (Lipinski definition) is 6. The summed E-state index contributed by atoms with van der Waals surface area (Å²) in [6, 6.07) is 5.11. The molecule has 146 valence electrons. The smallest absolute Gasteiger partial charge is 0.404 e. The van der Waals surface area contributed by atoms with Gasteiger partial charge in [-0.3, -0.25) is 4.79 Å². The fourth-order valence-corrected chi connectivity index (χ4v) is 3.38. The van der Waals surface area contributed by atoms with Gasteiger partial charge in [0.15, 0.2) is 5.82 Å². The number of carbonyl (C=O) groups is 1. The van der Waals surface area contributed by atoms with E-state index in [0.717, 1.165) is 24.4 Å². The average molecular weight is 374 g/mol. The standard InChI is InChI=1S/C18H26N6O3/c1-18(2,3)24-15(20-14-7-8-16(25)23(4)22-14)10-13(21-24)11-5-6-12(9-11)27-17(19)26/h7-8,10-12H,5-6,9H2,1-4H3,(H2,19,26)(H,20,22)/t11?,12-/m0/s1. The highest BCUT2D eigenvalue weighted by molar-refractivity contribution is 5.64. The number of nitrogens with zero attached hydrogens (tertiary/aromatic N) is 4. The van der Waals surface area contributed by atoms with Gasteiger partial charge in [-0.25, -0.2) is 14.2 Å². The number of nitrogens with one attached hydrogen (secondary N) is 1. The first-order valence-electron chi connectivity index (χ1n) is 9.01. The van der Waals surface area contributed by atoms with E-state index >= 15 is 0 Å². The van der Waals surface area contributed by atoms with Crippen molar-refractivity contribution in [3.05, 3.63) is 34.2 Å². The summed E-state index contributed by atoms with van der Waals surface area (Å²) >= 11 is 0. The number of rotatable bonds is 4. The molecule has 2 atom stereocenters. The maximum atomic E-state index is 11.5. The van der Waals surface area contributed by atoms with Crippen molar-refractivity contribution >= 4 is 17.7 Å². The van der Waals surface area contributed by atoms with Crippen molar-refractivity contribution in [3.63, 3.8) is 0 Å². The lowest BCUT2D eigenvalue weighted by molar-refractivity contribution is 0.109. The van der Waals surface area contributed by atoms with E-state index in [2.05, 4.69) is 31.2 Å². The maximum Gasteiger partial charge on any atom is 0.404 e. The van der Waals surface area contributed by atoms with Gasteiger partial charge in [0.05, 0.1) is 11.2 Å². The zero-order valence-electron chi connectivity index (χ0n) is 16.1. The van der Waals surface area contributed by atoms with Gasteiger partial charge in [0.25, 0.3) is 5.56 Å². The van der Waals surface area contributed by atoms with Crippen molar-refractivity contribution in [2.75, 3.05) is 5.32 Å².